The van der Waals surface area contributed by atoms with Crippen molar-refractivity contribution in [3.05, 3.63) is 46.6 Å². The fraction of sp³-hybridized carbons (Fsp3) is 0.375. The molecule has 0 spiro atoms. The van der Waals surface area contributed by atoms with Gasteiger partial charge in [0.2, 0.25) is 0 Å². The number of benzene rings is 1. The molecule has 2 aromatic rings. The van der Waals surface area contributed by atoms with Crippen molar-refractivity contribution < 1.29 is 4.39 Å². The second-order valence-corrected chi connectivity index (χ2v) is 5.80. The van der Waals surface area contributed by atoms with E-state index in [0.717, 1.165) is 23.4 Å². The molecule has 0 amide bonds. The van der Waals surface area contributed by atoms with E-state index < -0.39 is 0 Å². The van der Waals surface area contributed by atoms with Gasteiger partial charge in [-0.1, -0.05) is 26.0 Å². The van der Waals surface area contributed by atoms with Crippen LogP contribution in [0.2, 0.25) is 0 Å². The highest BCUT2D eigenvalue weighted by atomic mass is 32.1. The Morgan fingerprint density at radius 1 is 1.21 bits per heavy atom. The van der Waals surface area contributed by atoms with Crippen LogP contribution < -0.4 is 5.32 Å². The molecule has 0 saturated heterocycles. The van der Waals surface area contributed by atoms with Gasteiger partial charge in [0.05, 0.1) is 0 Å². The third-order valence-corrected chi connectivity index (χ3v) is 4.53. The Hall–Kier alpha value is -1.19. The van der Waals surface area contributed by atoms with Crippen molar-refractivity contribution in [3.8, 4) is 10.4 Å². The van der Waals surface area contributed by atoms with E-state index in [0.29, 0.717) is 11.6 Å². The lowest BCUT2D eigenvalue weighted by molar-refractivity contribution is 0.545. The quantitative estimate of drug-likeness (QED) is 0.817. The first kappa shape index (κ1) is 14.2. The first-order valence-electron chi connectivity index (χ1n) is 6.75. The Bertz CT molecular complexity index is 547. The molecule has 3 heteroatoms. The number of nitrogens with one attached hydrogen (secondary N) is 1. The number of aryl methyl sites for hydroxylation is 1. The number of hydrogen-bond acceptors (Lipinski definition) is 2. The van der Waals surface area contributed by atoms with Gasteiger partial charge in [0.15, 0.2) is 0 Å². The van der Waals surface area contributed by atoms with E-state index in [1.807, 2.05) is 12.1 Å². The summed E-state index contributed by atoms with van der Waals surface area (Å²) in [6.07, 6.45) is 1.07. The standard InChI is InChI=1S/C16H20FNS/c1-4-14(18-5-2)16-9-8-15(19-16)12-7-6-11(3)13(17)10-12/h6-10,14,18H,4-5H2,1-3H3. The van der Waals surface area contributed by atoms with Crippen LogP contribution in [0.15, 0.2) is 30.3 Å². The van der Waals surface area contributed by atoms with Gasteiger partial charge in [-0.15, -0.1) is 11.3 Å². The molecule has 0 aliphatic rings. The molecule has 1 aromatic carbocycles. The molecule has 0 radical (unpaired) electrons. The first-order valence-corrected chi connectivity index (χ1v) is 7.57. The molecule has 1 N–H and O–H groups in total. The van der Waals surface area contributed by atoms with E-state index in [9.17, 15) is 4.39 Å². The second-order valence-electron chi connectivity index (χ2n) is 4.68. The van der Waals surface area contributed by atoms with E-state index in [-0.39, 0.29) is 5.82 Å². The van der Waals surface area contributed by atoms with Gasteiger partial charge < -0.3 is 5.32 Å². The highest BCUT2D eigenvalue weighted by molar-refractivity contribution is 7.15. The fourth-order valence-electron chi connectivity index (χ4n) is 2.13. The lowest BCUT2D eigenvalue weighted by Crippen LogP contribution is -2.18. The number of halogens is 1. The average Bonchev–Trinajstić information content (AvgIpc) is 2.88. The molecule has 19 heavy (non-hydrogen) atoms. The van der Waals surface area contributed by atoms with Gasteiger partial charge in [-0.25, -0.2) is 4.39 Å². The number of rotatable bonds is 5. The van der Waals surface area contributed by atoms with Gasteiger partial charge >= 0.3 is 0 Å². The molecule has 0 fully saturated rings. The molecule has 2 rings (SSSR count). The van der Waals surface area contributed by atoms with Gasteiger partial charge in [-0.2, -0.15) is 0 Å². The highest BCUT2D eigenvalue weighted by Gasteiger charge is 2.12. The van der Waals surface area contributed by atoms with Gasteiger partial charge in [-0.3, -0.25) is 0 Å². The van der Waals surface area contributed by atoms with E-state index in [4.69, 9.17) is 0 Å². The molecular formula is C16H20FNS. The predicted molar refractivity (Wildman–Crippen MR) is 81.2 cm³/mol. The summed E-state index contributed by atoms with van der Waals surface area (Å²) in [5.41, 5.74) is 1.66. The van der Waals surface area contributed by atoms with E-state index in [2.05, 4.69) is 31.3 Å². The zero-order valence-corrected chi connectivity index (χ0v) is 12.5. The molecule has 0 bridgehead atoms. The van der Waals surface area contributed by atoms with Crippen LogP contribution in [0.4, 0.5) is 4.39 Å². The molecule has 1 unspecified atom stereocenters. The van der Waals surface area contributed by atoms with E-state index in [1.165, 1.54) is 4.88 Å². The maximum atomic E-state index is 13.6. The van der Waals surface area contributed by atoms with Crippen molar-refractivity contribution in [3.63, 3.8) is 0 Å². The molecular weight excluding hydrogens is 257 g/mol. The molecule has 102 valence electrons. The topological polar surface area (TPSA) is 12.0 Å². The van der Waals surface area contributed by atoms with Crippen molar-refractivity contribution in [1.29, 1.82) is 0 Å². The number of thiophene rings is 1. The minimum Gasteiger partial charge on any atom is -0.310 e. The van der Waals surface area contributed by atoms with Crippen LogP contribution in [0.3, 0.4) is 0 Å². The maximum absolute atomic E-state index is 13.6. The minimum atomic E-state index is -0.133. The molecule has 1 aromatic heterocycles. The summed E-state index contributed by atoms with van der Waals surface area (Å²) in [6, 6.07) is 10.1. The molecule has 1 nitrogen and oxygen atoms in total. The van der Waals surface area contributed by atoms with Gasteiger partial charge in [-0.05, 0) is 49.2 Å². The molecule has 1 heterocycles. The molecule has 0 saturated carbocycles. The van der Waals surface area contributed by atoms with Crippen LogP contribution >= 0.6 is 11.3 Å². The van der Waals surface area contributed by atoms with Crippen LogP contribution in [0.25, 0.3) is 10.4 Å². The zero-order valence-electron chi connectivity index (χ0n) is 11.7. The van der Waals surface area contributed by atoms with Crippen molar-refractivity contribution in [2.24, 2.45) is 0 Å². The van der Waals surface area contributed by atoms with Gasteiger partial charge in [0.25, 0.3) is 0 Å². The fourth-order valence-corrected chi connectivity index (χ4v) is 3.30. The minimum absolute atomic E-state index is 0.133. The van der Waals surface area contributed by atoms with E-state index in [1.54, 1.807) is 24.3 Å². The highest BCUT2D eigenvalue weighted by Crippen LogP contribution is 2.33. The van der Waals surface area contributed by atoms with Gasteiger partial charge in [0, 0.05) is 15.8 Å². The maximum Gasteiger partial charge on any atom is 0.126 e. The van der Waals surface area contributed by atoms with Crippen LogP contribution in [-0.2, 0) is 0 Å². The van der Waals surface area contributed by atoms with E-state index >= 15 is 0 Å². The summed E-state index contributed by atoms with van der Waals surface area (Å²) in [5.74, 6) is -0.133. The smallest absolute Gasteiger partial charge is 0.126 e. The van der Waals surface area contributed by atoms with Crippen LogP contribution in [-0.4, -0.2) is 6.54 Å². The average molecular weight is 277 g/mol. The summed E-state index contributed by atoms with van der Waals surface area (Å²) < 4.78 is 13.6. The summed E-state index contributed by atoms with van der Waals surface area (Å²) in [6.45, 7) is 7.05. The predicted octanol–water partition coefficient (Wildman–Crippen LogP) is 4.92. The Morgan fingerprint density at radius 3 is 2.63 bits per heavy atom. The normalized spacial score (nSPS) is 12.6. The molecule has 0 aliphatic heterocycles. The van der Waals surface area contributed by atoms with Crippen LogP contribution in [0.1, 0.15) is 36.8 Å². The monoisotopic (exact) mass is 277 g/mol. The third-order valence-electron chi connectivity index (χ3n) is 3.29. The van der Waals surface area contributed by atoms with Crippen LogP contribution in [0, 0.1) is 12.7 Å². The second kappa shape index (κ2) is 6.31. The lowest BCUT2D eigenvalue weighted by Gasteiger charge is -2.13. The van der Waals surface area contributed by atoms with Crippen molar-refractivity contribution in [1.82, 2.24) is 5.32 Å². The molecule has 0 aliphatic carbocycles. The van der Waals surface area contributed by atoms with Gasteiger partial charge in [0.1, 0.15) is 5.82 Å². The van der Waals surface area contributed by atoms with Crippen molar-refractivity contribution in [2.45, 2.75) is 33.2 Å². The summed E-state index contributed by atoms with van der Waals surface area (Å²) in [4.78, 5) is 2.45. The largest absolute Gasteiger partial charge is 0.310 e. The Balaban J connectivity index is 2.27. The SMILES string of the molecule is CCNC(CC)c1ccc(-c2ccc(C)c(F)c2)s1. The van der Waals surface area contributed by atoms with Crippen molar-refractivity contribution >= 4 is 11.3 Å². The Morgan fingerprint density at radius 2 is 2.00 bits per heavy atom. The van der Waals surface area contributed by atoms with Crippen molar-refractivity contribution in [2.75, 3.05) is 6.54 Å². The summed E-state index contributed by atoms with van der Waals surface area (Å²) >= 11 is 1.74. The molecule has 1 atom stereocenters. The summed E-state index contributed by atoms with van der Waals surface area (Å²) in [7, 11) is 0. The first-order chi connectivity index (χ1) is 9.15. The third kappa shape index (κ3) is 3.23. The Kier molecular flexibility index (Phi) is 4.72. The van der Waals surface area contributed by atoms with Crippen LogP contribution in [0.5, 0.6) is 0 Å². The zero-order chi connectivity index (χ0) is 13.8. The number of hydrogen-bond donors (Lipinski definition) is 1. The lowest BCUT2D eigenvalue weighted by atomic mass is 10.1. The summed E-state index contributed by atoms with van der Waals surface area (Å²) in [5, 5.41) is 3.47. The Labute approximate surface area is 118 Å².